The van der Waals surface area contributed by atoms with Gasteiger partial charge in [-0.3, -0.25) is 10.2 Å². The van der Waals surface area contributed by atoms with Gasteiger partial charge in [0.15, 0.2) is 0 Å². The first kappa shape index (κ1) is 17.4. The second kappa shape index (κ2) is 7.97. The zero-order valence-electron chi connectivity index (χ0n) is 13.8. The van der Waals surface area contributed by atoms with E-state index < -0.39 is 0 Å². The summed E-state index contributed by atoms with van der Waals surface area (Å²) in [7, 11) is 0. The summed E-state index contributed by atoms with van der Waals surface area (Å²) in [5.74, 6) is 0. The summed E-state index contributed by atoms with van der Waals surface area (Å²) in [6.45, 7) is 13.6. The molecule has 0 saturated carbocycles. The largest absolute Gasteiger partial charge is 0.373 e. The molecule has 1 aliphatic heterocycles. The topological polar surface area (TPSA) is 48.3 Å². The number of morpholine rings is 1. The van der Waals surface area contributed by atoms with Crippen molar-refractivity contribution < 1.29 is 4.74 Å². The highest BCUT2D eigenvalue weighted by molar-refractivity contribution is 5.04. The predicted molar refractivity (Wildman–Crippen MR) is 82.6 cm³/mol. The number of ether oxygens (including phenoxy) is 1. The summed E-state index contributed by atoms with van der Waals surface area (Å²) < 4.78 is 5.74. The highest BCUT2D eigenvalue weighted by atomic mass is 16.5. The predicted octanol–water partition coefficient (Wildman–Crippen LogP) is 2.55. The summed E-state index contributed by atoms with van der Waals surface area (Å²) in [6.07, 6.45) is 3.83. The van der Waals surface area contributed by atoms with E-state index in [9.17, 15) is 5.26 Å². The van der Waals surface area contributed by atoms with Crippen molar-refractivity contribution in [2.75, 3.05) is 19.6 Å². The molecule has 3 atom stereocenters. The molecular weight excluding hydrogens is 250 g/mol. The standard InChI is InChI=1S/C16H31N3O/c1-13(2)18-16(5,12-17)8-6-7-9-19-10-14(3)20-15(4)11-19/h13-15,18H,6-11H2,1-5H3. The van der Waals surface area contributed by atoms with Gasteiger partial charge in [0, 0.05) is 19.1 Å². The Balaban J connectivity index is 2.25. The van der Waals surface area contributed by atoms with Crippen molar-refractivity contribution in [2.45, 2.75) is 77.7 Å². The molecule has 0 aromatic heterocycles. The zero-order valence-corrected chi connectivity index (χ0v) is 13.8. The summed E-state index contributed by atoms with van der Waals surface area (Å²) in [5.41, 5.74) is -0.389. The van der Waals surface area contributed by atoms with Gasteiger partial charge < -0.3 is 4.74 Å². The molecule has 4 nitrogen and oxygen atoms in total. The Morgan fingerprint density at radius 1 is 1.30 bits per heavy atom. The van der Waals surface area contributed by atoms with Gasteiger partial charge in [0.25, 0.3) is 0 Å². The molecule has 4 heteroatoms. The summed E-state index contributed by atoms with van der Waals surface area (Å²) in [4.78, 5) is 2.48. The minimum Gasteiger partial charge on any atom is -0.373 e. The fraction of sp³-hybridized carbons (Fsp3) is 0.938. The van der Waals surface area contributed by atoms with Gasteiger partial charge in [0.05, 0.1) is 18.3 Å². The number of hydrogen-bond donors (Lipinski definition) is 1. The SMILES string of the molecule is CC(C)NC(C)(C#N)CCCCN1CC(C)OC(C)C1. The molecular formula is C16H31N3O. The van der Waals surface area contributed by atoms with Gasteiger partial charge in [0.2, 0.25) is 0 Å². The molecule has 1 N–H and O–H groups in total. The molecule has 1 heterocycles. The molecule has 1 rings (SSSR count). The van der Waals surface area contributed by atoms with Crippen LogP contribution in [0.25, 0.3) is 0 Å². The van der Waals surface area contributed by atoms with Gasteiger partial charge >= 0.3 is 0 Å². The molecule has 0 spiro atoms. The molecule has 0 amide bonds. The van der Waals surface area contributed by atoms with Gasteiger partial charge in [-0.15, -0.1) is 0 Å². The molecule has 0 aromatic rings. The van der Waals surface area contributed by atoms with Crippen LogP contribution in [0.5, 0.6) is 0 Å². The number of rotatable bonds is 7. The van der Waals surface area contributed by atoms with E-state index >= 15 is 0 Å². The van der Waals surface area contributed by atoms with Gasteiger partial charge in [0.1, 0.15) is 5.54 Å². The van der Waals surface area contributed by atoms with E-state index in [0.717, 1.165) is 38.9 Å². The third-order valence-electron chi connectivity index (χ3n) is 3.75. The van der Waals surface area contributed by atoms with Crippen molar-refractivity contribution in [2.24, 2.45) is 0 Å². The van der Waals surface area contributed by atoms with Crippen LogP contribution in [-0.4, -0.2) is 48.3 Å². The first-order chi connectivity index (χ1) is 9.34. The maximum Gasteiger partial charge on any atom is 0.104 e. The monoisotopic (exact) mass is 281 g/mol. The van der Waals surface area contributed by atoms with Crippen LogP contribution in [-0.2, 0) is 4.74 Å². The van der Waals surface area contributed by atoms with Crippen LogP contribution in [0.1, 0.15) is 53.9 Å². The Hall–Kier alpha value is -0.630. The zero-order chi connectivity index (χ0) is 15.2. The van der Waals surface area contributed by atoms with E-state index in [1.807, 2.05) is 6.92 Å². The van der Waals surface area contributed by atoms with Gasteiger partial charge in [-0.2, -0.15) is 5.26 Å². The molecule has 1 aliphatic rings. The molecule has 20 heavy (non-hydrogen) atoms. The second-order valence-corrected chi connectivity index (χ2v) is 6.72. The smallest absolute Gasteiger partial charge is 0.104 e. The third kappa shape index (κ3) is 6.21. The fourth-order valence-corrected chi connectivity index (χ4v) is 3.08. The van der Waals surface area contributed by atoms with Crippen molar-refractivity contribution in [3.63, 3.8) is 0 Å². The summed E-state index contributed by atoms with van der Waals surface area (Å²) >= 11 is 0. The average Bonchev–Trinajstić information content (AvgIpc) is 2.33. The van der Waals surface area contributed by atoms with Crippen LogP contribution >= 0.6 is 0 Å². The van der Waals surface area contributed by atoms with Crippen molar-refractivity contribution >= 4 is 0 Å². The Labute approximate surface area is 124 Å². The number of nitrogens with zero attached hydrogens (tertiary/aromatic N) is 2. The van der Waals surface area contributed by atoms with E-state index in [1.54, 1.807) is 0 Å². The molecule has 116 valence electrons. The number of unbranched alkanes of at least 4 members (excludes halogenated alkanes) is 1. The second-order valence-electron chi connectivity index (χ2n) is 6.72. The van der Waals surface area contributed by atoms with E-state index in [-0.39, 0.29) is 5.54 Å². The van der Waals surface area contributed by atoms with Gasteiger partial charge in [-0.25, -0.2) is 0 Å². The normalized spacial score (nSPS) is 27.2. The van der Waals surface area contributed by atoms with Crippen LogP contribution in [0.15, 0.2) is 0 Å². The lowest BCUT2D eigenvalue weighted by Crippen LogP contribution is -2.46. The highest BCUT2D eigenvalue weighted by Gasteiger charge is 2.25. The van der Waals surface area contributed by atoms with Crippen LogP contribution in [0.4, 0.5) is 0 Å². The van der Waals surface area contributed by atoms with E-state index in [0.29, 0.717) is 18.2 Å². The highest BCUT2D eigenvalue weighted by Crippen LogP contribution is 2.16. The lowest BCUT2D eigenvalue weighted by atomic mass is 9.95. The maximum atomic E-state index is 9.31. The molecule has 0 aliphatic carbocycles. The Bertz CT molecular complexity index is 316. The minimum atomic E-state index is -0.389. The van der Waals surface area contributed by atoms with Crippen molar-refractivity contribution in [3.05, 3.63) is 0 Å². The molecule has 3 unspecified atom stereocenters. The minimum absolute atomic E-state index is 0.339. The summed E-state index contributed by atoms with van der Waals surface area (Å²) in [6, 6.07) is 2.77. The summed E-state index contributed by atoms with van der Waals surface area (Å²) in [5, 5.41) is 12.7. The first-order valence-corrected chi connectivity index (χ1v) is 7.91. The number of nitriles is 1. The van der Waals surface area contributed by atoms with Crippen LogP contribution < -0.4 is 5.32 Å². The lowest BCUT2D eigenvalue weighted by Gasteiger charge is -2.35. The average molecular weight is 281 g/mol. The fourth-order valence-electron chi connectivity index (χ4n) is 3.08. The molecule has 0 aromatic carbocycles. The van der Waals surface area contributed by atoms with Crippen molar-refractivity contribution in [1.82, 2.24) is 10.2 Å². The van der Waals surface area contributed by atoms with Crippen molar-refractivity contribution in [3.8, 4) is 6.07 Å². The van der Waals surface area contributed by atoms with Crippen molar-refractivity contribution in [1.29, 1.82) is 5.26 Å². The van der Waals surface area contributed by atoms with Crippen LogP contribution in [0.2, 0.25) is 0 Å². The third-order valence-corrected chi connectivity index (χ3v) is 3.75. The Kier molecular flexibility index (Phi) is 6.94. The maximum absolute atomic E-state index is 9.31. The van der Waals surface area contributed by atoms with E-state index in [4.69, 9.17) is 4.74 Å². The molecule has 1 saturated heterocycles. The van der Waals surface area contributed by atoms with Gasteiger partial charge in [-0.1, -0.05) is 0 Å². The molecule has 0 radical (unpaired) electrons. The molecule has 0 bridgehead atoms. The van der Waals surface area contributed by atoms with Crippen LogP contribution in [0.3, 0.4) is 0 Å². The Morgan fingerprint density at radius 2 is 1.90 bits per heavy atom. The first-order valence-electron chi connectivity index (χ1n) is 7.91. The van der Waals surface area contributed by atoms with Gasteiger partial charge in [-0.05, 0) is 60.4 Å². The number of hydrogen-bond acceptors (Lipinski definition) is 4. The van der Waals surface area contributed by atoms with Crippen LogP contribution in [0, 0.1) is 11.3 Å². The Morgan fingerprint density at radius 3 is 2.40 bits per heavy atom. The van der Waals surface area contributed by atoms with E-state index in [1.165, 1.54) is 0 Å². The quantitative estimate of drug-likeness (QED) is 0.729. The van der Waals surface area contributed by atoms with E-state index in [2.05, 4.69) is 44.0 Å². The number of nitrogens with one attached hydrogen (secondary N) is 1. The molecule has 1 fully saturated rings. The lowest BCUT2D eigenvalue weighted by molar-refractivity contribution is -0.0682.